The van der Waals surface area contributed by atoms with Crippen LogP contribution < -0.4 is 15.4 Å². The number of fused-ring (bicyclic) bond motifs is 1. The summed E-state index contributed by atoms with van der Waals surface area (Å²) in [5, 5.41) is 1.10. The number of ether oxygens (including phenoxy) is 1. The average molecular weight is 245 g/mol. The fraction of sp³-hybridized carbons (Fsp3) is 0.357. The maximum atomic E-state index is 5.60. The molecule has 0 atom stereocenters. The molecule has 0 aliphatic rings. The molecule has 0 saturated heterocycles. The zero-order valence-electron chi connectivity index (χ0n) is 11.1. The highest BCUT2D eigenvalue weighted by Crippen LogP contribution is 2.28. The largest absolute Gasteiger partial charge is 0.497 e. The molecule has 18 heavy (non-hydrogen) atoms. The van der Waals surface area contributed by atoms with Crippen molar-refractivity contribution in [2.75, 3.05) is 32.6 Å². The van der Waals surface area contributed by atoms with Gasteiger partial charge in [-0.15, -0.1) is 0 Å². The van der Waals surface area contributed by atoms with Crippen molar-refractivity contribution in [3.63, 3.8) is 0 Å². The Kier molecular flexibility index (Phi) is 3.67. The molecule has 0 aliphatic carbocycles. The third-order valence-electron chi connectivity index (χ3n) is 2.93. The Bertz CT molecular complexity index is 552. The molecule has 2 rings (SSSR count). The lowest BCUT2D eigenvalue weighted by Crippen LogP contribution is -2.12. The quantitative estimate of drug-likeness (QED) is 0.892. The first-order chi connectivity index (χ1) is 8.65. The van der Waals surface area contributed by atoms with Gasteiger partial charge in [-0.1, -0.05) is 0 Å². The first-order valence-corrected chi connectivity index (χ1v) is 6.00. The molecule has 0 spiro atoms. The predicted octanol–water partition coefficient (Wildman–Crippen LogP) is 1.81. The number of nitrogens with zero attached hydrogens (tertiary/aromatic N) is 2. The van der Waals surface area contributed by atoms with E-state index in [0.717, 1.165) is 34.5 Å². The van der Waals surface area contributed by atoms with Gasteiger partial charge in [0.15, 0.2) is 0 Å². The molecule has 0 saturated carbocycles. The zero-order valence-corrected chi connectivity index (χ0v) is 11.1. The number of hydrogen-bond donors (Lipinski definition) is 1. The second-order valence-corrected chi connectivity index (χ2v) is 4.45. The van der Waals surface area contributed by atoms with Gasteiger partial charge in [0, 0.05) is 37.3 Å². The molecule has 2 N–H and O–H groups in total. The summed E-state index contributed by atoms with van der Waals surface area (Å²) in [6.07, 6.45) is 0.794. The van der Waals surface area contributed by atoms with E-state index in [1.807, 2.05) is 32.3 Å². The summed E-state index contributed by atoms with van der Waals surface area (Å²) in [6.45, 7) is 0.613. The lowest BCUT2D eigenvalue weighted by Gasteiger charge is -2.17. The van der Waals surface area contributed by atoms with E-state index in [9.17, 15) is 0 Å². The molecule has 0 unspecified atom stereocenters. The van der Waals surface area contributed by atoms with E-state index < -0.39 is 0 Å². The summed E-state index contributed by atoms with van der Waals surface area (Å²) in [7, 11) is 5.73. The Morgan fingerprint density at radius 1 is 1.28 bits per heavy atom. The lowest BCUT2D eigenvalue weighted by atomic mass is 10.1. The summed E-state index contributed by atoms with van der Waals surface area (Å²) in [4.78, 5) is 6.71. The number of pyridine rings is 1. The summed E-state index contributed by atoms with van der Waals surface area (Å²) in [5.74, 6) is 0.846. The molecule has 1 aromatic carbocycles. The van der Waals surface area contributed by atoms with Crippen LogP contribution in [-0.4, -0.2) is 32.7 Å². The molecule has 1 aromatic heterocycles. The first kappa shape index (κ1) is 12.6. The normalized spacial score (nSPS) is 10.7. The van der Waals surface area contributed by atoms with Crippen molar-refractivity contribution in [3.8, 4) is 5.75 Å². The van der Waals surface area contributed by atoms with Crippen molar-refractivity contribution in [1.29, 1.82) is 0 Å². The topological polar surface area (TPSA) is 51.4 Å². The number of rotatable bonds is 4. The van der Waals surface area contributed by atoms with Crippen LogP contribution in [0.1, 0.15) is 5.69 Å². The monoisotopic (exact) mass is 245 g/mol. The first-order valence-electron chi connectivity index (χ1n) is 6.00. The van der Waals surface area contributed by atoms with Crippen LogP contribution in [0.25, 0.3) is 10.9 Å². The molecule has 0 fully saturated rings. The lowest BCUT2D eigenvalue weighted by molar-refractivity contribution is 0.415. The maximum absolute atomic E-state index is 5.60. The van der Waals surface area contributed by atoms with Gasteiger partial charge in [0.2, 0.25) is 0 Å². The van der Waals surface area contributed by atoms with Crippen molar-refractivity contribution in [2.24, 2.45) is 5.73 Å². The highest BCUT2D eigenvalue weighted by molar-refractivity contribution is 5.92. The van der Waals surface area contributed by atoms with Gasteiger partial charge >= 0.3 is 0 Å². The zero-order chi connectivity index (χ0) is 13.1. The minimum absolute atomic E-state index is 0.613. The van der Waals surface area contributed by atoms with E-state index in [4.69, 9.17) is 10.5 Å². The molecule has 2 aromatic rings. The Balaban J connectivity index is 2.64. The van der Waals surface area contributed by atoms with Gasteiger partial charge < -0.3 is 15.4 Å². The molecular formula is C14H19N3O. The second kappa shape index (κ2) is 5.23. The molecular weight excluding hydrogens is 226 g/mol. The van der Waals surface area contributed by atoms with Gasteiger partial charge in [0.05, 0.1) is 12.6 Å². The molecule has 96 valence electrons. The van der Waals surface area contributed by atoms with Crippen LogP contribution in [0.5, 0.6) is 5.75 Å². The van der Waals surface area contributed by atoms with E-state index in [1.165, 1.54) is 0 Å². The minimum atomic E-state index is 0.613. The molecule has 0 bridgehead atoms. The van der Waals surface area contributed by atoms with E-state index in [1.54, 1.807) is 7.11 Å². The number of nitrogens with two attached hydrogens (primary N) is 1. The van der Waals surface area contributed by atoms with Crippen molar-refractivity contribution in [2.45, 2.75) is 6.42 Å². The van der Waals surface area contributed by atoms with E-state index in [-0.39, 0.29) is 0 Å². The summed E-state index contributed by atoms with van der Waals surface area (Å²) in [5.41, 5.74) is 8.75. The Morgan fingerprint density at radius 2 is 2.06 bits per heavy atom. The minimum Gasteiger partial charge on any atom is -0.497 e. The van der Waals surface area contributed by atoms with Crippen molar-refractivity contribution in [1.82, 2.24) is 4.98 Å². The molecule has 0 radical (unpaired) electrons. The molecule has 0 aliphatic heterocycles. The van der Waals surface area contributed by atoms with E-state index in [0.29, 0.717) is 6.54 Å². The van der Waals surface area contributed by atoms with E-state index in [2.05, 4.69) is 16.0 Å². The average Bonchev–Trinajstić information content (AvgIpc) is 2.37. The summed E-state index contributed by atoms with van der Waals surface area (Å²) >= 11 is 0. The highest BCUT2D eigenvalue weighted by atomic mass is 16.5. The third-order valence-corrected chi connectivity index (χ3v) is 2.93. The summed E-state index contributed by atoms with van der Waals surface area (Å²) in [6, 6.07) is 8.03. The number of aromatic nitrogens is 1. The van der Waals surface area contributed by atoms with Crippen LogP contribution >= 0.6 is 0 Å². The number of benzene rings is 1. The van der Waals surface area contributed by atoms with Crippen LogP contribution in [-0.2, 0) is 6.42 Å². The summed E-state index contributed by atoms with van der Waals surface area (Å²) < 4.78 is 5.27. The number of methoxy groups -OCH3 is 1. The Labute approximate surface area is 107 Å². The van der Waals surface area contributed by atoms with Gasteiger partial charge in [-0.3, -0.25) is 4.98 Å². The van der Waals surface area contributed by atoms with Gasteiger partial charge in [-0.05, 0) is 30.8 Å². The number of hydrogen-bond acceptors (Lipinski definition) is 4. The van der Waals surface area contributed by atoms with Crippen molar-refractivity contribution >= 4 is 16.6 Å². The van der Waals surface area contributed by atoms with Crippen LogP contribution in [0.4, 0.5) is 5.69 Å². The fourth-order valence-electron chi connectivity index (χ4n) is 2.01. The van der Waals surface area contributed by atoms with Crippen molar-refractivity contribution < 1.29 is 4.74 Å². The maximum Gasteiger partial charge on any atom is 0.119 e. The van der Waals surface area contributed by atoms with Crippen LogP contribution in [0.15, 0.2) is 24.3 Å². The Morgan fingerprint density at radius 3 is 2.67 bits per heavy atom. The van der Waals surface area contributed by atoms with Crippen LogP contribution in [0.3, 0.4) is 0 Å². The van der Waals surface area contributed by atoms with Gasteiger partial charge in [-0.2, -0.15) is 0 Å². The Hall–Kier alpha value is -1.81. The highest BCUT2D eigenvalue weighted by Gasteiger charge is 2.08. The fourth-order valence-corrected chi connectivity index (χ4v) is 2.01. The third kappa shape index (κ3) is 2.38. The molecule has 4 nitrogen and oxygen atoms in total. The number of anilines is 1. The van der Waals surface area contributed by atoms with Crippen LogP contribution in [0.2, 0.25) is 0 Å². The molecule has 4 heteroatoms. The standard InChI is InChI=1S/C14H19N3O/c1-17(2)14-8-10(6-7-15)16-13-5-4-11(18-3)9-12(13)14/h4-5,8-9H,6-7,15H2,1-3H3. The van der Waals surface area contributed by atoms with Crippen molar-refractivity contribution in [3.05, 3.63) is 30.0 Å². The predicted molar refractivity (Wildman–Crippen MR) is 75.4 cm³/mol. The van der Waals surface area contributed by atoms with Gasteiger partial charge in [-0.25, -0.2) is 0 Å². The molecule has 1 heterocycles. The van der Waals surface area contributed by atoms with Gasteiger partial charge in [0.1, 0.15) is 5.75 Å². The van der Waals surface area contributed by atoms with E-state index >= 15 is 0 Å². The SMILES string of the molecule is COc1ccc2nc(CCN)cc(N(C)C)c2c1. The smallest absolute Gasteiger partial charge is 0.119 e. The van der Waals surface area contributed by atoms with Gasteiger partial charge in [0.25, 0.3) is 0 Å². The second-order valence-electron chi connectivity index (χ2n) is 4.45. The van der Waals surface area contributed by atoms with Crippen LogP contribution in [0, 0.1) is 0 Å². The molecule has 0 amide bonds.